The van der Waals surface area contributed by atoms with Gasteiger partial charge in [0, 0.05) is 0 Å². The maximum Gasteiger partial charge on any atom is 0.461 e. The molecule has 0 heterocycles. The minimum absolute atomic E-state index is 0.133. The van der Waals surface area contributed by atoms with E-state index in [1.54, 1.807) is 0 Å². The van der Waals surface area contributed by atoms with Crippen LogP contribution in [0.2, 0.25) is 0 Å². The SMILES string of the molecule is N[C@H](c1ccc(OC(F)(F)C(F)F)cc1)[C@@H](O)C1CCCC1. The largest absolute Gasteiger partial charge is 0.461 e. The first-order valence-corrected chi connectivity index (χ1v) is 7.20. The Kier molecular flexibility index (Phi) is 5.28. The third-order valence-corrected chi connectivity index (χ3v) is 4.02. The summed E-state index contributed by atoms with van der Waals surface area (Å²) in [5.74, 6) is -0.245. The fourth-order valence-corrected chi connectivity index (χ4v) is 2.75. The number of halogens is 4. The van der Waals surface area contributed by atoms with E-state index in [9.17, 15) is 22.7 Å². The summed E-state index contributed by atoms with van der Waals surface area (Å²) in [4.78, 5) is 0. The van der Waals surface area contributed by atoms with Crippen LogP contribution in [-0.2, 0) is 0 Å². The molecule has 3 N–H and O–H groups in total. The van der Waals surface area contributed by atoms with Crippen LogP contribution in [0, 0.1) is 5.92 Å². The van der Waals surface area contributed by atoms with Crippen molar-refractivity contribution in [2.75, 3.05) is 0 Å². The van der Waals surface area contributed by atoms with Crippen molar-refractivity contribution in [2.45, 2.75) is 50.4 Å². The molecule has 1 saturated carbocycles. The average molecular weight is 321 g/mol. The average Bonchev–Trinajstić information content (AvgIpc) is 3.00. The van der Waals surface area contributed by atoms with Gasteiger partial charge >= 0.3 is 12.5 Å². The second kappa shape index (κ2) is 6.83. The fourth-order valence-electron chi connectivity index (χ4n) is 2.75. The maximum absolute atomic E-state index is 12.8. The van der Waals surface area contributed by atoms with Crippen molar-refractivity contribution in [1.29, 1.82) is 0 Å². The van der Waals surface area contributed by atoms with Crippen molar-refractivity contribution < 1.29 is 27.4 Å². The van der Waals surface area contributed by atoms with E-state index in [4.69, 9.17) is 5.73 Å². The van der Waals surface area contributed by atoms with Crippen molar-refractivity contribution in [3.05, 3.63) is 29.8 Å². The molecule has 0 radical (unpaired) electrons. The monoisotopic (exact) mass is 321 g/mol. The first-order chi connectivity index (χ1) is 10.3. The summed E-state index contributed by atoms with van der Waals surface area (Å²) in [6.07, 6.45) is -5.20. The number of ether oxygens (including phenoxy) is 1. The number of benzene rings is 1. The molecule has 0 spiro atoms. The summed E-state index contributed by atoms with van der Waals surface area (Å²) in [6, 6.07) is 4.45. The molecule has 0 saturated heterocycles. The van der Waals surface area contributed by atoms with Crippen molar-refractivity contribution in [3.63, 3.8) is 0 Å². The van der Waals surface area contributed by atoms with Crippen molar-refractivity contribution >= 4 is 0 Å². The minimum atomic E-state index is -4.53. The van der Waals surface area contributed by atoms with Crippen LogP contribution < -0.4 is 10.5 Å². The number of aliphatic hydroxyl groups excluding tert-OH is 1. The Balaban J connectivity index is 2.01. The van der Waals surface area contributed by atoms with E-state index in [1.807, 2.05) is 0 Å². The van der Waals surface area contributed by atoms with Crippen molar-refractivity contribution in [2.24, 2.45) is 11.7 Å². The number of hydrogen-bond acceptors (Lipinski definition) is 3. The van der Waals surface area contributed by atoms with Gasteiger partial charge in [0.1, 0.15) is 5.75 Å². The Morgan fingerprint density at radius 1 is 1.14 bits per heavy atom. The fraction of sp³-hybridized carbons (Fsp3) is 0.600. The number of hydrogen-bond donors (Lipinski definition) is 2. The molecule has 0 amide bonds. The highest BCUT2D eigenvalue weighted by molar-refractivity contribution is 5.30. The van der Waals surface area contributed by atoms with Crippen LogP contribution in [-0.4, -0.2) is 23.7 Å². The molecule has 7 heteroatoms. The van der Waals surface area contributed by atoms with Gasteiger partial charge in [0.25, 0.3) is 0 Å². The summed E-state index contributed by atoms with van der Waals surface area (Å²) in [6.45, 7) is 0. The minimum Gasteiger partial charge on any atom is -0.428 e. The normalized spacial score (nSPS) is 19.4. The van der Waals surface area contributed by atoms with Crippen LogP contribution >= 0.6 is 0 Å². The highest BCUT2D eigenvalue weighted by atomic mass is 19.3. The quantitative estimate of drug-likeness (QED) is 0.789. The lowest BCUT2D eigenvalue weighted by Crippen LogP contribution is -2.33. The number of aliphatic hydroxyl groups is 1. The first kappa shape index (κ1) is 17.0. The molecular formula is C15H19F4NO2. The summed E-state index contributed by atoms with van der Waals surface area (Å²) >= 11 is 0. The Hall–Kier alpha value is -1.34. The van der Waals surface area contributed by atoms with Gasteiger partial charge in [-0.2, -0.15) is 17.6 Å². The molecule has 0 bridgehead atoms. The molecule has 1 aromatic rings. The van der Waals surface area contributed by atoms with Crippen LogP contribution in [0.25, 0.3) is 0 Å². The van der Waals surface area contributed by atoms with Crippen LogP contribution in [0.5, 0.6) is 5.75 Å². The third kappa shape index (κ3) is 3.89. The molecule has 2 atom stereocenters. The molecule has 0 aliphatic heterocycles. The summed E-state index contributed by atoms with van der Waals surface area (Å²) in [5.41, 5.74) is 6.53. The molecule has 2 rings (SSSR count). The van der Waals surface area contributed by atoms with E-state index in [0.717, 1.165) is 37.8 Å². The van der Waals surface area contributed by atoms with E-state index in [0.29, 0.717) is 5.56 Å². The van der Waals surface area contributed by atoms with Gasteiger partial charge in [-0.05, 0) is 36.5 Å². The Morgan fingerprint density at radius 3 is 2.18 bits per heavy atom. The molecule has 0 unspecified atom stereocenters. The van der Waals surface area contributed by atoms with E-state index >= 15 is 0 Å². The van der Waals surface area contributed by atoms with Gasteiger partial charge in [-0.25, -0.2) is 0 Å². The first-order valence-electron chi connectivity index (χ1n) is 7.20. The third-order valence-electron chi connectivity index (χ3n) is 4.02. The van der Waals surface area contributed by atoms with E-state index in [2.05, 4.69) is 4.74 Å². The van der Waals surface area contributed by atoms with Crippen LogP contribution in [0.1, 0.15) is 37.3 Å². The van der Waals surface area contributed by atoms with Crippen LogP contribution in [0.4, 0.5) is 17.6 Å². The highest BCUT2D eigenvalue weighted by Crippen LogP contribution is 2.33. The molecule has 124 valence electrons. The summed E-state index contributed by atoms with van der Waals surface area (Å²) in [7, 11) is 0. The van der Waals surface area contributed by atoms with Gasteiger partial charge < -0.3 is 15.6 Å². The molecule has 1 fully saturated rings. The smallest absolute Gasteiger partial charge is 0.428 e. The molecule has 22 heavy (non-hydrogen) atoms. The zero-order valence-corrected chi connectivity index (χ0v) is 11.9. The van der Waals surface area contributed by atoms with Crippen LogP contribution in [0.3, 0.4) is 0 Å². The lowest BCUT2D eigenvalue weighted by atomic mass is 9.91. The predicted octanol–water partition coefficient (Wildman–Crippen LogP) is 3.47. The van der Waals surface area contributed by atoms with E-state index < -0.39 is 24.7 Å². The topological polar surface area (TPSA) is 55.5 Å². The van der Waals surface area contributed by atoms with Gasteiger partial charge in [-0.1, -0.05) is 25.0 Å². The molecule has 1 aliphatic rings. The highest BCUT2D eigenvalue weighted by Gasteiger charge is 2.44. The molecule has 0 aromatic heterocycles. The molecule has 3 nitrogen and oxygen atoms in total. The second-order valence-corrected chi connectivity index (χ2v) is 5.59. The lowest BCUT2D eigenvalue weighted by Gasteiger charge is -2.25. The molecule has 1 aliphatic carbocycles. The number of alkyl halides is 4. The predicted molar refractivity (Wildman–Crippen MR) is 72.9 cm³/mol. The molecular weight excluding hydrogens is 302 g/mol. The second-order valence-electron chi connectivity index (χ2n) is 5.59. The van der Waals surface area contributed by atoms with Crippen LogP contribution in [0.15, 0.2) is 24.3 Å². The van der Waals surface area contributed by atoms with Gasteiger partial charge in [0.15, 0.2) is 0 Å². The van der Waals surface area contributed by atoms with Crippen molar-refractivity contribution in [3.8, 4) is 5.75 Å². The van der Waals surface area contributed by atoms with Gasteiger partial charge in [-0.3, -0.25) is 0 Å². The Bertz CT molecular complexity index is 475. The Morgan fingerprint density at radius 2 is 1.68 bits per heavy atom. The summed E-state index contributed by atoms with van der Waals surface area (Å²) in [5, 5.41) is 10.2. The van der Waals surface area contributed by atoms with Gasteiger partial charge in [0.2, 0.25) is 0 Å². The summed E-state index contributed by atoms with van der Waals surface area (Å²) < 4.78 is 53.7. The van der Waals surface area contributed by atoms with E-state index in [1.165, 1.54) is 12.1 Å². The lowest BCUT2D eigenvalue weighted by molar-refractivity contribution is -0.253. The van der Waals surface area contributed by atoms with E-state index in [-0.39, 0.29) is 11.7 Å². The number of nitrogens with two attached hydrogens (primary N) is 1. The standard InChI is InChI=1S/C15H19F4NO2/c16-14(17)15(18,19)22-11-7-5-9(6-8-11)12(20)13(21)10-3-1-2-4-10/h5-8,10,12-14,21H,1-4,20H2/t12-,13+/m1/s1. The zero-order valence-electron chi connectivity index (χ0n) is 11.9. The molecule has 1 aromatic carbocycles. The van der Waals surface area contributed by atoms with Crippen molar-refractivity contribution in [1.82, 2.24) is 0 Å². The number of rotatable bonds is 6. The van der Waals surface area contributed by atoms with Gasteiger partial charge in [0.05, 0.1) is 12.1 Å². The van der Waals surface area contributed by atoms with Gasteiger partial charge in [-0.15, -0.1) is 0 Å². The zero-order chi connectivity index (χ0) is 16.3. The Labute approximate surface area is 126 Å². The maximum atomic E-state index is 12.8.